The fraction of sp³-hybridized carbons (Fsp3) is 0.0588. The van der Waals surface area contributed by atoms with Crippen LogP contribution in [0.2, 0.25) is 0 Å². The van der Waals surface area contributed by atoms with Crippen molar-refractivity contribution in [1.29, 1.82) is 0 Å². The van der Waals surface area contributed by atoms with Crippen LogP contribution in [0.5, 0.6) is 0 Å². The number of aromatic nitrogens is 2. The van der Waals surface area contributed by atoms with Crippen LogP contribution in [0.1, 0.15) is 16.1 Å². The average Bonchev–Trinajstić information content (AvgIpc) is 2.61. The smallest absolute Gasteiger partial charge is 0.267 e. The van der Waals surface area contributed by atoms with Crippen LogP contribution in [-0.2, 0) is 7.05 Å². The van der Waals surface area contributed by atoms with Crippen LogP contribution in [0, 0.1) is 5.82 Å². The van der Waals surface area contributed by atoms with Crippen molar-refractivity contribution in [3.63, 3.8) is 0 Å². The van der Waals surface area contributed by atoms with Crippen LogP contribution in [0.3, 0.4) is 0 Å². The van der Waals surface area contributed by atoms with Crippen molar-refractivity contribution in [3.05, 3.63) is 74.4 Å². The highest BCUT2D eigenvalue weighted by Gasteiger charge is 2.14. The molecule has 0 bridgehead atoms. The van der Waals surface area contributed by atoms with Gasteiger partial charge in [0.1, 0.15) is 5.82 Å². The molecule has 1 amide bonds. The highest BCUT2D eigenvalue weighted by Crippen LogP contribution is 2.14. The van der Waals surface area contributed by atoms with Crippen molar-refractivity contribution < 1.29 is 9.18 Å². The van der Waals surface area contributed by atoms with Gasteiger partial charge in [0.2, 0.25) is 0 Å². The zero-order valence-corrected chi connectivity index (χ0v) is 14.6. The van der Waals surface area contributed by atoms with Gasteiger partial charge in [-0.3, -0.25) is 9.59 Å². The van der Waals surface area contributed by atoms with Gasteiger partial charge in [0.25, 0.3) is 11.5 Å². The molecular weight excluding hydrogens is 391 g/mol. The number of nitrogens with one attached hydrogen (secondary N) is 1. The summed E-state index contributed by atoms with van der Waals surface area (Å²) in [6, 6.07) is 11.1. The Hall–Kier alpha value is -2.87. The first-order valence-corrected chi connectivity index (χ1v) is 8.01. The molecule has 0 spiro atoms. The minimum atomic E-state index is -0.599. The third kappa shape index (κ3) is 3.48. The second-order valence-electron chi connectivity index (χ2n) is 5.19. The predicted molar refractivity (Wildman–Crippen MR) is 96.1 cm³/mol. The van der Waals surface area contributed by atoms with E-state index in [4.69, 9.17) is 0 Å². The Morgan fingerprint density at radius 1 is 1.28 bits per heavy atom. The number of carbonyl (C=O) groups is 1. The molecule has 8 heteroatoms. The predicted octanol–water partition coefficient (Wildman–Crippen LogP) is 2.60. The first-order chi connectivity index (χ1) is 12.0. The molecule has 2 aromatic carbocycles. The Kier molecular flexibility index (Phi) is 4.71. The van der Waals surface area contributed by atoms with Crippen molar-refractivity contribution in [1.82, 2.24) is 15.2 Å². The van der Waals surface area contributed by atoms with E-state index in [-0.39, 0.29) is 16.8 Å². The van der Waals surface area contributed by atoms with E-state index in [9.17, 15) is 14.0 Å². The van der Waals surface area contributed by atoms with E-state index in [0.717, 1.165) is 4.68 Å². The lowest BCUT2D eigenvalue weighted by Gasteiger charge is -2.06. The van der Waals surface area contributed by atoms with Crippen molar-refractivity contribution >= 4 is 38.8 Å². The summed E-state index contributed by atoms with van der Waals surface area (Å²) in [7, 11) is 1.46. The first-order valence-electron chi connectivity index (χ1n) is 7.22. The maximum Gasteiger partial charge on any atom is 0.292 e. The van der Waals surface area contributed by atoms with Gasteiger partial charge in [0.05, 0.1) is 11.6 Å². The zero-order valence-electron chi connectivity index (χ0n) is 13.0. The Balaban J connectivity index is 1.91. The van der Waals surface area contributed by atoms with Gasteiger partial charge < -0.3 is 0 Å². The number of hydrazone groups is 1. The van der Waals surface area contributed by atoms with Crippen molar-refractivity contribution in [3.8, 4) is 0 Å². The molecule has 0 saturated heterocycles. The summed E-state index contributed by atoms with van der Waals surface area (Å²) in [6.45, 7) is 0. The summed E-state index contributed by atoms with van der Waals surface area (Å²) in [5.41, 5.74) is 2.28. The molecule has 6 nitrogen and oxygen atoms in total. The highest BCUT2D eigenvalue weighted by atomic mass is 79.9. The van der Waals surface area contributed by atoms with Crippen molar-refractivity contribution in [2.75, 3.05) is 0 Å². The van der Waals surface area contributed by atoms with E-state index in [0.29, 0.717) is 15.2 Å². The topological polar surface area (TPSA) is 76.3 Å². The number of rotatable bonds is 3. The number of hydrogen-bond donors (Lipinski definition) is 1. The van der Waals surface area contributed by atoms with E-state index in [1.807, 2.05) is 0 Å². The monoisotopic (exact) mass is 402 g/mol. The van der Waals surface area contributed by atoms with Gasteiger partial charge in [-0.1, -0.05) is 34.1 Å². The molecule has 0 aliphatic heterocycles. The first kappa shape index (κ1) is 17.0. The molecule has 1 N–H and O–H groups in total. The van der Waals surface area contributed by atoms with E-state index >= 15 is 0 Å². The van der Waals surface area contributed by atoms with Crippen LogP contribution in [-0.4, -0.2) is 21.9 Å². The normalized spacial score (nSPS) is 11.2. The van der Waals surface area contributed by atoms with E-state index < -0.39 is 11.7 Å². The third-order valence-electron chi connectivity index (χ3n) is 3.50. The van der Waals surface area contributed by atoms with Gasteiger partial charge in [0, 0.05) is 22.5 Å². The summed E-state index contributed by atoms with van der Waals surface area (Å²) in [5.74, 6) is -1.06. The molecule has 3 rings (SSSR count). The minimum Gasteiger partial charge on any atom is -0.267 e. The van der Waals surface area contributed by atoms with Crippen LogP contribution in [0.15, 0.2) is 56.8 Å². The Morgan fingerprint density at radius 3 is 2.76 bits per heavy atom. The fourth-order valence-electron chi connectivity index (χ4n) is 2.29. The lowest BCUT2D eigenvalue weighted by molar-refractivity contribution is 0.0950. The molecule has 1 aromatic heterocycles. The summed E-state index contributed by atoms with van der Waals surface area (Å²) in [4.78, 5) is 24.4. The van der Waals surface area contributed by atoms with Crippen LogP contribution >= 0.6 is 15.9 Å². The van der Waals surface area contributed by atoms with Crippen LogP contribution < -0.4 is 11.0 Å². The Morgan fingerprint density at radius 2 is 2.00 bits per heavy atom. The number of amides is 1. The SMILES string of the molecule is Cn1nc(C(=O)N/N=C\c2cc(Br)ccc2F)c2ccccc2c1=O. The van der Waals surface area contributed by atoms with E-state index in [1.54, 1.807) is 30.3 Å². The highest BCUT2D eigenvalue weighted by molar-refractivity contribution is 9.10. The standard InChI is InChI=1S/C17H12BrFN4O2/c1-23-17(25)13-5-3-2-4-12(13)15(22-23)16(24)21-20-9-10-8-11(18)6-7-14(10)19/h2-9H,1H3,(H,21,24)/b20-9-. The fourth-order valence-corrected chi connectivity index (χ4v) is 2.67. The van der Waals surface area contributed by atoms with Gasteiger partial charge in [-0.15, -0.1) is 0 Å². The number of halogens is 2. The zero-order chi connectivity index (χ0) is 18.0. The molecule has 25 heavy (non-hydrogen) atoms. The number of nitrogens with zero attached hydrogens (tertiary/aromatic N) is 3. The molecule has 0 aliphatic carbocycles. The lowest BCUT2D eigenvalue weighted by atomic mass is 10.1. The summed E-state index contributed by atoms with van der Waals surface area (Å²) >= 11 is 3.24. The summed E-state index contributed by atoms with van der Waals surface area (Å²) in [6.07, 6.45) is 1.20. The van der Waals surface area contributed by atoms with Gasteiger partial charge in [-0.2, -0.15) is 10.2 Å². The largest absolute Gasteiger partial charge is 0.292 e. The molecule has 0 unspecified atom stereocenters. The minimum absolute atomic E-state index is 0.0598. The van der Waals surface area contributed by atoms with Crippen LogP contribution in [0.25, 0.3) is 10.8 Å². The number of hydrogen-bond acceptors (Lipinski definition) is 4. The molecule has 1 heterocycles. The maximum absolute atomic E-state index is 13.6. The second kappa shape index (κ2) is 6.94. The summed E-state index contributed by atoms with van der Waals surface area (Å²) < 4.78 is 15.4. The quantitative estimate of drug-likeness (QED) is 0.540. The van der Waals surface area contributed by atoms with E-state index in [1.165, 1.54) is 25.4 Å². The molecule has 0 saturated carbocycles. The molecule has 0 fully saturated rings. The molecular formula is C17H12BrFN4O2. The molecule has 0 atom stereocenters. The molecule has 0 radical (unpaired) electrons. The number of benzene rings is 2. The second-order valence-corrected chi connectivity index (χ2v) is 6.10. The Labute approximate surface area is 150 Å². The lowest BCUT2D eigenvalue weighted by Crippen LogP contribution is -2.27. The van der Waals surface area contributed by atoms with Gasteiger partial charge in [-0.25, -0.2) is 14.5 Å². The average molecular weight is 403 g/mol. The maximum atomic E-state index is 13.6. The molecule has 126 valence electrons. The van der Waals surface area contributed by atoms with Gasteiger partial charge in [-0.05, 0) is 24.3 Å². The van der Waals surface area contributed by atoms with E-state index in [2.05, 4.69) is 31.6 Å². The van der Waals surface area contributed by atoms with Crippen molar-refractivity contribution in [2.24, 2.45) is 12.1 Å². The number of aryl methyl sites for hydroxylation is 1. The van der Waals surface area contributed by atoms with Crippen molar-refractivity contribution in [2.45, 2.75) is 0 Å². The van der Waals surface area contributed by atoms with Gasteiger partial charge >= 0.3 is 0 Å². The number of carbonyl (C=O) groups excluding carboxylic acids is 1. The Bertz CT molecular complexity index is 1060. The van der Waals surface area contributed by atoms with Gasteiger partial charge in [0.15, 0.2) is 5.69 Å². The van der Waals surface area contributed by atoms with Crippen LogP contribution in [0.4, 0.5) is 4.39 Å². The molecule has 0 aliphatic rings. The molecule has 3 aromatic rings. The third-order valence-corrected chi connectivity index (χ3v) is 3.99. The number of fused-ring (bicyclic) bond motifs is 1. The summed E-state index contributed by atoms with van der Waals surface area (Å²) in [5, 5.41) is 8.57.